The molecule has 1 heterocycles. The molecule has 0 radical (unpaired) electrons. The van der Waals surface area contributed by atoms with Crippen LogP contribution in [-0.2, 0) is 5.75 Å². The number of hydrogen-bond acceptors (Lipinski definition) is 6. The van der Waals surface area contributed by atoms with Gasteiger partial charge in [0.2, 0.25) is 0 Å². The van der Waals surface area contributed by atoms with Crippen LogP contribution in [0.4, 0.5) is 10.1 Å². The van der Waals surface area contributed by atoms with Crippen LogP contribution in [0.15, 0.2) is 26.9 Å². The first-order valence-electron chi connectivity index (χ1n) is 4.73. The van der Waals surface area contributed by atoms with Gasteiger partial charge in [0, 0.05) is 11.4 Å². The third-order valence-corrected chi connectivity index (χ3v) is 5.07. The Morgan fingerprint density at radius 2 is 2.12 bits per heavy atom. The minimum Gasteiger partial charge on any atom is -0.399 e. The van der Waals surface area contributed by atoms with Crippen LogP contribution >= 0.6 is 34.9 Å². The molecule has 0 amide bonds. The first-order valence-corrected chi connectivity index (χ1v) is 7.76. The predicted molar refractivity (Wildman–Crippen MR) is 72.1 cm³/mol. The number of nitrogens with two attached hydrogens (primary N) is 1. The summed E-state index contributed by atoms with van der Waals surface area (Å²) in [6.07, 6.45) is 1.95. The van der Waals surface area contributed by atoms with Crippen LogP contribution in [0.5, 0.6) is 0 Å². The Labute approximate surface area is 111 Å². The molecule has 2 N–H and O–H groups in total. The Morgan fingerprint density at radius 1 is 1.35 bits per heavy atom. The number of aromatic nitrogens is 2. The maximum atomic E-state index is 13.5. The molecule has 0 spiro atoms. The summed E-state index contributed by atoms with van der Waals surface area (Å²) in [6.45, 7) is 0. The molecule has 3 nitrogen and oxygen atoms in total. The van der Waals surface area contributed by atoms with E-state index in [-0.39, 0.29) is 5.82 Å². The SMILES string of the molecule is CSc1nnc(SCc2ccc(N)cc2F)s1. The van der Waals surface area contributed by atoms with E-state index in [9.17, 15) is 4.39 Å². The topological polar surface area (TPSA) is 51.8 Å². The van der Waals surface area contributed by atoms with Crippen molar-refractivity contribution in [3.63, 3.8) is 0 Å². The summed E-state index contributed by atoms with van der Waals surface area (Å²) in [4.78, 5) is 0. The highest BCUT2D eigenvalue weighted by molar-refractivity contribution is 8.02. The van der Waals surface area contributed by atoms with Crippen LogP contribution in [0.3, 0.4) is 0 Å². The maximum Gasteiger partial charge on any atom is 0.175 e. The lowest BCUT2D eigenvalue weighted by molar-refractivity contribution is 0.618. The van der Waals surface area contributed by atoms with E-state index in [4.69, 9.17) is 5.73 Å². The van der Waals surface area contributed by atoms with Crippen LogP contribution in [0, 0.1) is 5.82 Å². The number of hydrogen-bond donors (Lipinski definition) is 1. The molecule has 0 fully saturated rings. The Balaban J connectivity index is 2.02. The standard InChI is InChI=1S/C10H10FN3S3/c1-15-9-13-14-10(17-9)16-5-6-2-3-7(12)4-8(6)11/h2-4H,5,12H2,1H3. The molecule has 0 atom stereocenters. The first-order chi connectivity index (χ1) is 8.19. The van der Waals surface area contributed by atoms with Crippen LogP contribution in [-0.4, -0.2) is 16.5 Å². The second kappa shape index (κ2) is 5.70. The van der Waals surface area contributed by atoms with E-state index in [1.807, 2.05) is 6.26 Å². The van der Waals surface area contributed by atoms with Crippen LogP contribution in [0.2, 0.25) is 0 Å². The maximum absolute atomic E-state index is 13.5. The summed E-state index contributed by atoms with van der Waals surface area (Å²) >= 11 is 4.56. The van der Waals surface area contributed by atoms with Crippen molar-refractivity contribution in [3.8, 4) is 0 Å². The van der Waals surface area contributed by atoms with Gasteiger partial charge in [-0.15, -0.1) is 10.2 Å². The molecule has 2 aromatic rings. The molecule has 0 aliphatic rings. The molecule has 7 heteroatoms. The Kier molecular flexibility index (Phi) is 4.25. The lowest BCUT2D eigenvalue weighted by Gasteiger charge is -2.01. The molecule has 0 aliphatic carbocycles. The summed E-state index contributed by atoms with van der Waals surface area (Å²) in [6, 6.07) is 4.74. The van der Waals surface area contributed by atoms with Gasteiger partial charge in [-0.1, -0.05) is 40.9 Å². The fourth-order valence-electron chi connectivity index (χ4n) is 1.16. The summed E-state index contributed by atoms with van der Waals surface area (Å²) < 4.78 is 15.3. The number of thioether (sulfide) groups is 2. The summed E-state index contributed by atoms with van der Waals surface area (Å²) in [5.41, 5.74) is 6.56. The van der Waals surface area contributed by atoms with Gasteiger partial charge in [-0.05, 0) is 24.0 Å². The Hall–Kier alpha value is -0.790. The van der Waals surface area contributed by atoms with E-state index in [1.165, 1.54) is 29.2 Å². The highest BCUT2D eigenvalue weighted by Crippen LogP contribution is 2.30. The number of nitrogen functional groups attached to an aromatic ring is 1. The van der Waals surface area contributed by atoms with Gasteiger partial charge in [-0.3, -0.25) is 0 Å². The molecule has 2 rings (SSSR count). The van der Waals surface area contributed by atoms with E-state index in [2.05, 4.69) is 10.2 Å². The molecule has 1 aromatic carbocycles. The van der Waals surface area contributed by atoms with Gasteiger partial charge in [-0.2, -0.15) is 0 Å². The normalized spacial score (nSPS) is 10.7. The van der Waals surface area contributed by atoms with Crippen molar-refractivity contribution in [3.05, 3.63) is 29.6 Å². The van der Waals surface area contributed by atoms with Crippen molar-refractivity contribution in [2.75, 3.05) is 12.0 Å². The van der Waals surface area contributed by atoms with Crippen LogP contribution in [0.25, 0.3) is 0 Å². The largest absolute Gasteiger partial charge is 0.399 e. The Bertz CT molecular complexity index is 515. The van der Waals surface area contributed by atoms with Gasteiger partial charge in [0.1, 0.15) is 5.82 Å². The van der Waals surface area contributed by atoms with Crippen molar-refractivity contribution in [2.45, 2.75) is 14.4 Å². The first kappa shape index (κ1) is 12.7. The van der Waals surface area contributed by atoms with Gasteiger partial charge >= 0.3 is 0 Å². The number of halogens is 1. The van der Waals surface area contributed by atoms with Crippen LogP contribution < -0.4 is 5.73 Å². The fourth-order valence-corrected chi connectivity index (χ4v) is 3.58. The monoisotopic (exact) mass is 287 g/mol. The lowest BCUT2D eigenvalue weighted by Crippen LogP contribution is -1.91. The Morgan fingerprint density at radius 3 is 2.76 bits per heavy atom. The van der Waals surface area contributed by atoms with E-state index < -0.39 is 0 Å². The van der Waals surface area contributed by atoms with Gasteiger partial charge in [0.15, 0.2) is 8.68 Å². The zero-order valence-corrected chi connectivity index (χ0v) is 11.5. The van der Waals surface area contributed by atoms with E-state index in [0.29, 0.717) is 17.0 Å². The van der Waals surface area contributed by atoms with Gasteiger partial charge in [0.25, 0.3) is 0 Å². The van der Waals surface area contributed by atoms with Crippen molar-refractivity contribution < 1.29 is 4.39 Å². The average molecular weight is 287 g/mol. The number of benzene rings is 1. The molecule has 0 saturated heterocycles. The smallest absolute Gasteiger partial charge is 0.175 e. The molecule has 0 saturated carbocycles. The van der Waals surface area contributed by atoms with Gasteiger partial charge in [-0.25, -0.2) is 4.39 Å². The highest BCUT2D eigenvalue weighted by atomic mass is 32.2. The van der Waals surface area contributed by atoms with E-state index in [1.54, 1.807) is 23.9 Å². The zero-order valence-electron chi connectivity index (χ0n) is 9.01. The second-order valence-corrected chi connectivity index (χ2v) is 6.43. The van der Waals surface area contributed by atoms with Gasteiger partial charge < -0.3 is 5.73 Å². The molecule has 90 valence electrons. The van der Waals surface area contributed by atoms with Crippen molar-refractivity contribution in [1.82, 2.24) is 10.2 Å². The van der Waals surface area contributed by atoms with Crippen molar-refractivity contribution in [1.29, 1.82) is 0 Å². The second-order valence-electron chi connectivity index (χ2n) is 3.18. The lowest BCUT2D eigenvalue weighted by atomic mass is 10.2. The fraction of sp³-hybridized carbons (Fsp3) is 0.200. The van der Waals surface area contributed by atoms with E-state index in [0.717, 1.165) is 8.68 Å². The summed E-state index contributed by atoms with van der Waals surface area (Å²) in [7, 11) is 0. The van der Waals surface area contributed by atoms with Gasteiger partial charge in [0.05, 0.1) is 0 Å². The minimum absolute atomic E-state index is 0.271. The zero-order chi connectivity index (χ0) is 12.3. The average Bonchev–Trinajstić information content (AvgIpc) is 2.76. The van der Waals surface area contributed by atoms with Crippen molar-refractivity contribution in [2.24, 2.45) is 0 Å². The molecule has 1 aromatic heterocycles. The summed E-state index contributed by atoms with van der Waals surface area (Å²) in [5.74, 6) is 0.266. The highest BCUT2D eigenvalue weighted by Gasteiger charge is 2.07. The summed E-state index contributed by atoms with van der Waals surface area (Å²) in [5, 5.41) is 7.99. The minimum atomic E-state index is -0.271. The molecule has 0 bridgehead atoms. The molecule has 17 heavy (non-hydrogen) atoms. The third-order valence-electron chi connectivity index (χ3n) is 1.99. The molecular weight excluding hydrogens is 277 g/mol. The predicted octanol–water partition coefficient (Wildman–Crippen LogP) is 3.27. The molecule has 0 aliphatic heterocycles. The number of rotatable bonds is 4. The molecule has 0 unspecified atom stereocenters. The molecular formula is C10H10FN3S3. The third kappa shape index (κ3) is 3.34. The van der Waals surface area contributed by atoms with Crippen molar-refractivity contribution >= 4 is 40.5 Å². The number of anilines is 1. The van der Waals surface area contributed by atoms with Crippen LogP contribution in [0.1, 0.15) is 5.56 Å². The quantitative estimate of drug-likeness (QED) is 0.691. The van der Waals surface area contributed by atoms with E-state index >= 15 is 0 Å². The number of nitrogens with zero attached hydrogens (tertiary/aromatic N) is 2.